The van der Waals surface area contributed by atoms with Crippen molar-refractivity contribution in [3.8, 4) is 0 Å². The molecule has 0 aliphatic heterocycles. The molecule has 0 saturated heterocycles. The first-order valence-corrected chi connectivity index (χ1v) is 8.42. The van der Waals surface area contributed by atoms with Crippen molar-refractivity contribution in [1.82, 2.24) is 0 Å². The fourth-order valence-electron chi connectivity index (χ4n) is 1.82. The van der Waals surface area contributed by atoms with Gasteiger partial charge >= 0.3 is 0 Å². The molecule has 2 aromatic carbocycles. The van der Waals surface area contributed by atoms with Crippen LogP contribution in [0.1, 0.15) is 11.1 Å². The Bertz CT molecular complexity index is 709. The summed E-state index contributed by atoms with van der Waals surface area (Å²) in [5.41, 5.74) is 2.91. The van der Waals surface area contributed by atoms with Crippen molar-refractivity contribution in [2.75, 3.05) is 11.6 Å². The second-order valence-electron chi connectivity index (χ2n) is 4.73. The summed E-state index contributed by atoms with van der Waals surface area (Å²) in [5, 5.41) is 3.95. The molecule has 0 unspecified atom stereocenters. The van der Waals surface area contributed by atoms with Crippen molar-refractivity contribution in [3.05, 3.63) is 58.6 Å². The quantitative estimate of drug-likeness (QED) is 0.937. The van der Waals surface area contributed by atoms with Crippen LogP contribution in [0.3, 0.4) is 0 Å². The molecule has 0 atom stereocenters. The van der Waals surface area contributed by atoms with Gasteiger partial charge in [0.1, 0.15) is 0 Å². The van der Waals surface area contributed by atoms with Crippen LogP contribution >= 0.6 is 11.6 Å². The van der Waals surface area contributed by atoms with Crippen LogP contribution in [-0.2, 0) is 16.4 Å². The van der Waals surface area contributed by atoms with Gasteiger partial charge in [0, 0.05) is 23.5 Å². The summed E-state index contributed by atoms with van der Waals surface area (Å²) in [4.78, 5) is 0.321. The number of halogens is 1. The lowest BCUT2D eigenvalue weighted by atomic mass is 10.2. The molecule has 20 heavy (non-hydrogen) atoms. The highest BCUT2D eigenvalue weighted by Crippen LogP contribution is 2.21. The van der Waals surface area contributed by atoms with Gasteiger partial charge in [-0.1, -0.05) is 29.8 Å². The highest BCUT2D eigenvalue weighted by molar-refractivity contribution is 7.90. The Morgan fingerprint density at radius 2 is 1.75 bits per heavy atom. The molecule has 0 bridgehead atoms. The highest BCUT2D eigenvalue weighted by Gasteiger charge is 2.09. The van der Waals surface area contributed by atoms with Gasteiger partial charge in [-0.05, 0) is 42.3 Å². The molecule has 0 heterocycles. The molecule has 0 fully saturated rings. The summed E-state index contributed by atoms with van der Waals surface area (Å²) in [6, 6.07) is 12.6. The third-order valence-corrected chi connectivity index (χ3v) is 4.40. The van der Waals surface area contributed by atoms with E-state index in [1.165, 1.54) is 6.26 Å². The van der Waals surface area contributed by atoms with Crippen LogP contribution in [0, 0.1) is 6.92 Å². The molecule has 0 amide bonds. The van der Waals surface area contributed by atoms with E-state index < -0.39 is 9.84 Å². The molecule has 2 rings (SSSR count). The Labute approximate surface area is 124 Å². The van der Waals surface area contributed by atoms with Crippen LogP contribution in [0.5, 0.6) is 0 Å². The predicted molar refractivity (Wildman–Crippen MR) is 83.1 cm³/mol. The van der Waals surface area contributed by atoms with Crippen molar-refractivity contribution < 1.29 is 8.42 Å². The van der Waals surface area contributed by atoms with Gasteiger partial charge < -0.3 is 5.32 Å². The summed E-state index contributed by atoms with van der Waals surface area (Å²) in [6.45, 7) is 2.56. The second kappa shape index (κ2) is 5.85. The topological polar surface area (TPSA) is 46.2 Å². The molecule has 0 saturated carbocycles. The lowest BCUT2D eigenvalue weighted by molar-refractivity contribution is 0.602. The maximum Gasteiger partial charge on any atom is 0.175 e. The molecule has 106 valence electrons. The van der Waals surface area contributed by atoms with Gasteiger partial charge in [-0.25, -0.2) is 8.42 Å². The average Bonchev–Trinajstić information content (AvgIpc) is 2.38. The Kier molecular flexibility index (Phi) is 4.35. The molecule has 2 aromatic rings. The highest BCUT2D eigenvalue weighted by atomic mass is 35.5. The first kappa shape index (κ1) is 14.9. The molecule has 5 heteroatoms. The largest absolute Gasteiger partial charge is 0.381 e. The summed E-state index contributed by atoms with van der Waals surface area (Å²) in [5.74, 6) is 0. The lowest BCUT2D eigenvalue weighted by Gasteiger charge is -2.11. The van der Waals surface area contributed by atoms with Gasteiger partial charge in [0.25, 0.3) is 0 Å². The van der Waals surface area contributed by atoms with Crippen LogP contribution < -0.4 is 5.32 Å². The molecule has 0 aromatic heterocycles. The smallest absolute Gasteiger partial charge is 0.175 e. The average molecular weight is 310 g/mol. The van der Waals surface area contributed by atoms with Gasteiger partial charge in [0.15, 0.2) is 9.84 Å². The van der Waals surface area contributed by atoms with Gasteiger partial charge in [0.2, 0.25) is 0 Å². The second-order valence-corrected chi connectivity index (χ2v) is 7.18. The molecule has 0 aliphatic rings. The Balaban J connectivity index is 2.19. The zero-order chi connectivity index (χ0) is 14.8. The molecule has 0 aliphatic carbocycles. The first-order valence-electron chi connectivity index (χ1n) is 6.15. The van der Waals surface area contributed by atoms with Gasteiger partial charge in [-0.3, -0.25) is 0 Å². The summed E-state index contributed by atoms with van der Waals surface area (Å²) in [7, 11) is -3.19. The number of hydrogen-bond acceptors (Lipinski definition) is 3. The monoisotopic (exact) mass is 309 g/mol. The molecule has 1 N–H and O–H groups in total. The minimum Gasteiger partial charge on any atom is -0.381 e. The number of aryl methyl sites for hydroxylation is 1. The van der Waals surface area contributed by atoms with E-state index in [0.29, 0.717) is 16.5 Å². The van der Waals surface area contributed by atoms with Crippen molar-refractivity contribution in [2.45, 2.75) is 18.4 Å². The van der Waals surface area contributed by atoms with E-state index in [-0.39, 0.29) is 0 Å². The molecule has 3 nitrogen and oxygen atoms in total. The van der Waals surface area contributed by atoms with Crippen molar-refractivity contribution in [3.63, 3.8) is 0 Å². The SMILES string of the molecule is Cc1ccc(S(C)(=O)=O)cc1NCc1ccc(Cl)cc1. The van der Waals surface area contributed by atoms with E-state index in [0.717, 1.165) is 16.8 Å². The Hall–Kier alpha value is -1.52. The normalized spacial score (nSPS) is 11.3. The maximum atomic E-state index is 11.6. The number of rotatable bonds is 4. The molecular weight excluding hydrogens is 294 g/mol. The van der Waals surface area contributed by atoms with Crippen LogP contribution in [0.2, 0.25) is 5.02 Å². The third kappa shape index (κ3) is 3.74. The predicted octanol–water partition coefficient (Wildman–Crippen LogP) is 3.66. The third-order valence-electron chi connectivity index (χ3n) is 3.03. The van der Waals surface area contributed by atoms with Crippen molar-refractivity contribution in [1.29, 1.82) is 0 Å². The zero-order valence-corrected chi connectivity index (χ0v) is 12.9. The van der Waals surface area contributed by atoms with Gasteiger partial charge in [-0.15, -0.1) is 0 Å². The first-order chi connectivity index (χ1) is 9.36. The fourth-order valence-corrected chi connectivity index (χ4v) is 2.59. The summed E-state index contributed by atoms with van der Waals surface area (Å²) in [6.07, 6.45) is 1.21. The van der Waals surface area contributed by atoms with Crippen molar-refractivity contribution in [2.24, 2.45) is 0 Å². The van der Waals surface area contributed by atoms with Crippen molar-refractivity contribution >= 4 is 27.1 Å². The standard InChI is InChI=1S/C15H16ClNO2S/c1-11-3-8-14(20(2,18)19)9-15(11)17-10-12-4-6-13(16)7-5-12/h3-9,17H,10H2,1-2H3. The lowest BCUT2D eigenvalue weighted by Crippen LogP contribution is -2.03. The van der Waals surface area contributed by atoms with Gasteiger partial charge in [0.05, 0.1) is 4.90 Å². The van der Waals surface area contributed by atoms with Gasteiger partial charge in [-0.2, -0.15) is 0 Å². The number of hydrogen-bond donors (Lipinski definition) is 1. The van der Waals surface area contributed by atoms with E-state index >= 15 is 0 Å². The molecular formula is C15H16ClNO2S. The fraction of sp³-hybridized carbons (Fsp3) is 0.200. The molecule has 0 radical (unpaired) electrons. The van der Waals surface area contributed by atoms with E-state index in [1.54, 1.807) is 18.2 Å². The van der Waals surface area contributed by atoms with E-state index in [4.69, 9.17) is 11.6 Å². The van der Waals surface area contributed by atoms with Crippen LogP contribution in [0.4, 0.5) is 5.69 Å². The Morgan fingerprint density at radius 3 is 2.35 bits per heavy atom. The summed E-state index contributed by atoms with van der Waals surface area (Å²) >= 11 is 5.84. The maximum absolute atomic E-state index is 11.6. The number of nitrogens with one attached hydrogen (secondary N) is 1. The Morgan fingerprint density at radius 1 is 1.10 bits per heavy atom. The zero-order valence-electron chi connectivity index (χ0n) is 11.4. The molecule has 0 spiro atoms. The number of benzene rings is 2. The van der Waals surface area contributed by atoms with E-state index in [1.807, 2.05) is 31.2 Å². The van der Waals surface area contributed by atoms with Crippen LogP contribution in [0.15, 0.2) is 47.4 Å². The van der Waals surface area contributed by atoms with E-state index in [2.05, 4.69) is 5.32 Å². The number of sulfone groups is 1. The van der Waals surface area contributed by atoms with Crippen LogP contribution in [-0.4, -0.2) is 14.7 Å². The minimum absolute atomic E-state index is 0.321. The number of anilines is 1. The summed E-state index contributed by atoms with van der Waals surface area (Å²) < 4.78 is 23.1. The minimum atomic E-state index is -3.19. The van der Waals surface area contributed by atoms with Crippen LogP contribution in [0.25, 0.3) is 0 Å². The van der Waals surface area contributed by atoms with E-state index in [9.17, 15) is 8.42 Å².